The van der Waals surface area contributed by atoms with Crippen LogP contribution in [0.25, 0.3) is 0 Å². The van der Waals surface area contributed by atoms with Crippen LogP contribution in [0.3, 0.4) is 0 Å². The van der Waals surface area contributed by atoms with E-state index in [0.29, 0.717) is 24.8 Å². The number of hydrogen-bond acceptors (Lipinski definition) is 2. The molecule has 0 saturated heterocycles. The molecule has 3 nitrogen and oxygen atoms in total. The Hall–Kier alpha value is -1.35. The molecule has 0 heterocycles. The van der Waals surface area contributed by atoms with Crippen LogP contribution in [0.5, 0.6) is 0 Å². The highest BCUT2D eigenvalue weighted by Crippen LogP contribution is 2.33. The number of nitrogens with one attached hydrogen (secondary N) is 1. The summed E-state index contributed by atoms with van der Waals surface area (Å²) < 4.78 is 0. The molecule has 1 amide bonds. The van der Waals surface area contributed by atoms with Crippen LogP contribution < -0.4 is 11.1 Å². The van der Waals surface area contributed by atoms with Crippen LogP contribution in [-0.2, 0) is 4.79 Å². The number of benzene rings is 1. The van der Waals surface area contributed by atoms with E-state index in [4.69, 9.17) is 5.73 Å². The Morgan fingerprint density at radius 2 is 2.05 bits per heavy atom. The topological polar surface area (TPSA) is 55.1 Å². The van der Waals surface area contributed by atoms with Gasteiger partial charge in [-0.05, 0) is 36.7 Å². The molecule has 0 bridgehead atoms. The van der Waals surface area contributed by atoms with Gasteiger partial charge in [-0.15, -0.1) is 0 Å². The van der Waals surface area contributed by atoms with Crippen molar-refractivity contribution in [2.75, 3.05) is 0 Å². The van der Waals surface area contributed by atoms with E-state index in [9.17, 15) is 4.79 Å². The van der Waals surface area contributed by atoms with E-state index in [0.717, 1.165) is 17.9 Å². The average molecular weight is 288 g/mol. The van der Waals surface area contributed by atoms with Crippen molar-refractivity contribution in [3.8, 4) is 0 Å². The summed E-state index contributed by atoms with van der Waals surface area (Å²) in [7, 11) is 0. The van der Waals surface area contributed by atoms with Gasteiger partial charge in [-0.2, -0.15) is 0 Å². The van der Waals surface area contributed by atoms with Gasteiger partial charge in [0.25, 0.3) is 0 Å². The first kappa shape index (κ1) is 16.0. The smallest absolute Gasteiger partial charge is 0.220 e. The van der Waals surface area contributed by atoms with Crippen LogP contribution in [0, 0.1) is 11.8 Å². The SMILES string of the molecule is CCC1CCC(NC(=O)CCC(N)c2ccccc2)C1C. The van der Waals surface area contributed by atoms with Crippen LogP contribution in [0.1, 0.15) is 57.6 Å². The minimum atomic E-state index is -0.0543. The predicted molar refractivity (Wildman–Crippen MR) is 86.7 cm³/mol. The monoisotopic (exact) mass is 288 g/mol. The first-order valence-corrected chi connectivity index (χ1v) is 8.21. The zero-order valence-electron chi connectivity index (χ0n) is 13.2. The van der Waals surface area contributed by atoms with Gasteiger partial charge in [0.2, 0.25) is 5.91 Å². The molecule has 0 radical (unpaired) electrons. The van der Waals surface area contributed by atoms with Gasteiger partial charge in [-0.25, -0.2) is 0 Å². The predicted octanol–water partition coefficient (Wildman–Crippen LogP) is 3.41. The van der Waals surface area contributed by atoms with Crippen molar-refractivity contribution in [1.29, 1.82) is 0 Å². The number of hydrogen-bond donors (Lipinski definition) is 2. The number of rotatable bonds is 6. The lowest BCUT2D eigenvalue weighted by atomic mass is 9.93. The molecule has 3 heteroatoms. The highest BCUT2D eigenvalue weighted by Gasteiger charge is 2.32. The molecule has 3 N–H and O–H groups in total. The highest BCUT2D eigenvalue weighted by atomic mass is 16.1. The van der Waals surface area contributed by atoms with Crippen molar-refractivity contribution < 1.29 is 4.79 Å². The number of nitrogens with two attached hydrogens (primary N) is 1. The Balaban J connectivity index is 1.75. The van der Waals surface area contributed by atoms with E-state index in [-0.39, 0.29) is 11.9 Å². The molecule has 1 aromatic carbocycles. The third-order valence-corrected chi connectivity index (χ3v) is 5.01. The Bertz CT molecular complexity index is 446. The third-order valence-electron chi connectivity index (χ3n) is 5.01. The Kier molecular flexibility index (Phi) is 5.80. The van der Waals surface area contributed by atoms with E-state index >= 15 is 0 Å². The maximum absolute atomic E-state index is 12.1. The standard InChI is InChI=1S/C18H28N2O/c1-3-14-9-11-17(13(14)2)20-18(21)12-10-16(19)15-7-5-4-6-8-15/h4-8,13-14,16-17H,3,9-12,19H2,1-2H3,(H,20,21). The van der Waals surface area contributed by atoms with Crippen molar-refractivity contribution in [1.82, 2.24) is 5.32 Å². The number of amides is 1. The fourth-order valence-electron chi connectivity index (χ4n) is 3.46. The lowest BCUT2D eigenvalue weighted by Gasteiger charge is -2.21. The minimum Gasteiger partial charge on any atom is -0.353 e. The van der Waals surface area contributed by atoms with Crippen LogP contribution in [0.2, 0.25) is 0 Å². The molecule has 4 atom stereocenters. The second-order valence-electron chi connectivity index (χ2n) is 6.33. The lowest BCUT2D eigenvalue weighted by molar-refractivity contribution is -0.122. The summed E-state index contributed by atoms with van der Waals surface area (Å²) in [5, 5.41) is 3.21. The van der Waals surface area contributed by atoms with Crippen LogP contribution in [0.4, 0.5) is 0 Å². The molecule has 0 aliphatic heterocycles. The summed E-state index contributed by atoms with van der Waals surface area (Å²) in [5.41, 5.74) is 7.24. The van der Waals surface area contributed by atoms with E-state index in [1.165, 1.54) is 12.8 Å². The van der Waals surface area contributed by atoms with Crippen LogP contribution >= 0.6 is 0 Å². The summed E-state index contributed by atoms with van der Waals surface area (Å²) in [4.78, 5) is 12.1. The summed E-state index contributed by atoms with van der Waals surface area (Å²) in [5.74, 6) is 1.51. The lowest BCUT2D eigenvalue weighted by Crippen LogP contribution is -2.37. The molecular formula is C18H28N2O. The van der Waals surface area contributed by atoms with Crippen molar-refractivity contribution in [3.63, 3.8) is 0 Å². The molecule has 1 fully saturated rings. The molecule has 0 aromatic heterocycles. The van der Waals surface area contributed by atoms with Gasteiger partial charge in [0.15, 0.2) is 0 Å². The Morgan fingerprint density at radius 1 is 1.33 bits per heavy atom. The number of carbonyl (C=O) groups excluding carboxylic acids is 1. The van der Waals surface area contributed by atoms with Gasteiger partial charge in [-0.1, -0.05) is 50.6 Å². The average Bonchev–Trinajstić information content (AvgIpc) is 2.86. The molecule has 1 aliphatic rings. The van der Waals surface area contributed by atoms with Crippen molar-refractivity contribution >= 4 is 5.91 Å². The quantitative estimate of drug-likeness (QED) is 0.843. The fraction of sp³-hybridized carbons (Fsp3) is 0.611. The van der Waals surface area contributed by atoms with E-state index < -0.39 is 0 Å². The highest BCUT2D eigenvalue weighted by molar-refractivity contribution is 5.76. The van der Waals surface area contributed by atoms with Crippen molar-refractivity contribution in [2.24, 2.45) is 17.6 Å². The molecule has 1 aromatic rings. The second-order valence-corrected chi connectivity index (χ2v) is 6.33. The molecule has 0 spiro atoms. The second kappa shape index (κ2) is 7.60. The van der Waals surface area contributed by atoms with Crippen LogP contribution in [0.15, 0.2) is 30.3 Å². The minimum absolute atomic E-state index is 0.0543. The maximum Gasteiger partial charge on any atom is 0.220 e. The van der Waals surface area contributed by atoms with Crippen LogP contribution in [-0.4, -0.2) is 11.9 Å². The van der Waals surface area contributed by atoms with E-state index in [2.05, 4.69) is 19.2 Å². The molecule has 2 rings (SSSR count). The summed E-state index contributed by atoms with van der Waals surface area (Å²) in [6.45, 7) is 4.51. The zero-order valence-corrected chi connectivity index (χ0v) is 13.2. The van der Waals surface area contributed by atoms with Gasteiger partial charge in [0, 0.05) is 18.5 Å². The Morgan fingerprint density at radius 3 is 2.67 bits per heavy atom. The molecule has 4 unspecified atom stereocenters. The fourth-order valence-corrected chi connectivity index (χ4v) is 3.46. The van der Waals surface area contributed by atoms with Gasteiger partial charge >= 0.3 is 0 Å². The Labute approximate surface area is 128 Å². The first-order valence-electron chi connectivity index (χ1n) is 8.21. The molecular weight excluding hydrogens is 260 g/mol. The normalized spacial score (nSPS) is 26.5. The zero-order chi connectivity index (χ0) is 15.2. The van der Waals surface area contributed by atoms with Gasteiger partial charge in [0.1, 0.15) is 0 Å². The van der Waals surface area contributed by atoms with E-state index in [1.807, 2.05) is 30.3 Å². The first-order chi connectivity index (χ1) is 10.1. The van der Waals surface area contributed by atoms with E-state index in [1.54, 1.807) is 0 Å². The molecule has 1 saturated carbocycles. The maximum atomic E-state index is 12.1. The summed E-state index contributed by atoms with van der Waals surface area (Å²) >= 11 is 0. The largest absolute Gasteiger partial charge is 0.353 e. The summed E-state index contributed by atoms with van der Waals surface area (Å²) in [6.07, 6.45) is 4.79. The number of carbonyl (C=O) groups is 1. The van der Waals surface area contributed by atoms with Crippen molar-refractivity contribution in [3.05, 3.63) is 35.9 Å². The van der Waals surface area contributed by atoms with Crippen molar-refractivity contribution in [2.45, 2.75) is 58.0 Å². The third kappa shape index (κ3) is 4.31. The van der Waals surface area contributed by atoms with Gasteiger partial charge < -0.3 is 11.1 Å². The molecule has 116 valence electrons. The molecule has 21 heavy (non-hydrogen) atoms. The summed E-state index contributed by atoms with van der Waals surface area (Å²) in [6, 6.07) is 10.3. The van der Waals surface area contributed by atoms with Gasteiger partial charge in [0.05, 0.1) is 0 Å². The van der Waals surface area contributed by atoms with Gasteiger partial charge in [-0.3, -0.25) is 4.79 Å². The molecule has 1 aliphatic carbocycles.